The Morgan fingerprint density at radius 3 is 1.72 bits per heavy atom. The van der Waals surface area contributed by atoms with E-state index in [4.69, 9.17) is 18.9 Å². The molecule has 0 aromatic carbocycles. The molecule has 2 atom stereocenters. The molecule has 1 N–H and O–H groups in total. The summed E-state index contributed by atoms with van der Waals surface area (Å²) in [5.74, 6) is -3.47. The fourth-order valence-electron chi connectivity index (χ4n) is 4.21. The zero-order chi connectivity index (χ0) is 26.3. The van der Waals surface area contributed by atoms with E-state index in [2.05, 4.69) is 5.32 Å². The molecule has 0 radical (unpaired) electrons. The van der Waals surface area contributed by atoms with Gasteiger partial charge in [0.1, 0.15) is 0 Å². The van der Waals surface area contributed by atoms with E-state index < -0.39 is 47.7 Å². The van der Waals surface area contributed by atoms with Gasteiger partial charge < -0.3 is 18.9 Å². The largest absolute Gasteiger partial charge is 0.464 e. The van der Waals surface area contributed by atoms with Gasteiger partial charge in [-0.2, -0.15) is 0 Å². The average Bonchev–Trinajstić information content (AvgIpc) is 3.60. The van der Waals surface area contributed by atoms with Gasteiger partial charge in [0.2, 0.25) is 11.6 Å². The summed E-state index contributed by atoms with van der Waals surface area (Å²) in [5, 5.41) is 6.71. The molecule has 1 saturated heterocycles. The van der Waals surface area contributed by atoms with Crippen molar-refractivity contribution in [3.05, 3.63) is 44.8 Å². The molecular formula is C24H30N2O8S2. The Morgan fingerprint density at radius 1 is 0.833 bits per heavy atom. The van der Waals surface area contributed by atoms with Gasteiger partial charge in [0, 0.05) is 9.75 Å². The Kier molecular flexibility index (Phi) is 9.60. The number of thiophene rings is 2. The van der Waals surface area contributed by atoms with E-state index in [0.717, 1.165) is 0 Å². The van der Waals surface area contributed by atoms with Crippen molar-refractivity contribution in [3.8, 4) is 0 Å². The molecule has 0 saturated carbocycles. The number of nitrogens with one attached hydrogen (secondary N) is 1. The van der Waals surface area contributed by atoms with Crippen LogP contribution >= 0.6 is 22.7 Å². The normalized spacial score (nSPS) is 19.1. The molecule has 2 aromatic rings. The highest BCUT2D eigenvalue weighted by Gasteiger charge is 2.67. The maximum atomic E-state index is 13.6. The Balaban J connectivity index is 2.33. The van der Waals surface area contributed by atoms with Crippen molar-refractivity contribution >= 4 is 46.6 Å². The van der Waals surface area contributed by atoms with E-state index in [0.29, 0.717) is 9.75 Å². The molecule has 0 bridgehead atoms. The van der Waals surface area contributed by atoms with Crippen LogP contribution in [0.5, 0.6) is 0 Å². The molecule has 10 nitrogen and oxygen atoms in total. The number of rotatable bonds is 11. The van der Waals surface area contributed by atoms with E-state index in [-0.39, 0.29) is 26.4 Å². The summed E-state index contributed by atoms with van der Waals surface area (Å²) >= 11 is 2.60. The summed E-state index contributed by atoms with van der Waals surface area (Å²) in [5.41, 5.74) is -2.08. The van der Waals surface area contributed by atoms with Gasteiger partial charge in [-0.05, 0) is 50.6 Å². The molecular weight excluding hydrogens is 508 g/mol. The molecule has 0 spiro atoms. The average molecular weight is 539 g/mol. The minimum atomic E-state index is -2.08. The summed E-state index contributed by atoms with van der Waals surface area (Å²) in [6.45, 7) is 6.54. The molecule has 196 valence electrons. The lowest BCUT2D eigenvalue weighted by atomic mass is 9.88. The second kappa shape index (κ2) is 12.4. The molecule has 1 fully saturated rings. The SMILES string of the molecule is CCOC(=O)C(C(=O)OCC)N1[C@@H](c2cccs2)NC(C(=O)OCC)(C(=O)OCC)[C@H]1c1cccs1. The van der Waals surface area contributed by atoms with Crippen molar-refractivity contribution in [2.24, 2.45) is 0 Å². The molecule has 3 rings (SSSR count). The molecule has 0 aliphatic carbocycles. The summed E-state index contributed by atoms with van der Waals surface area (Å²) in [6.07, 6.45) is -0.926. The Morgan fingerprint density at radius 2 is 1.31 bits per heavy atom. The third kappa shape index (κ3) is 5.17. The number of hydrogen-bond donors (Lipinski definition) is 1. The van der Waals surface area contributed by atoms with E-state index in [9.17, 15) is 19.2 Å². The van der Waals surface area contributed by atoms with Gasteiger partial charge in [0.05, 0.1) is 38.6 Å². The van der Waals surface area contributed by atoms with Crippen LogP contribution in [0.25, 0.3) is 0 Å². The van der Waals surface area contributed by atoms with Crippen LogP contribution in [0, 0.1) is 0 Å². The molecule has 2 aromatic heterocycles. The topological polar surface area (TPSA) is 120 Å². The van der Waals surface area contributed by atoms with Crippen molar-refractivity contribution in [2.75, 3.05) is 26.4 Å². The lowest BCUT2D eigenvalue weighted by Gasteiger charge is -2.35. The minimum Gasteiger partial charge on any atom is -0.464 e. The number of nitrogens with zero attached hydrogens (tertiary/aromatic N) is 1. The zero-order valence-electron chi connectivity index (χ0n) is 20.6. The number of carbonyl (C=O) groups is 4. The molecule has 1 aliphatic rings. The molecule has 0 unspecified atom stereocenters. The Hall–Kier alpha value is -2.80. The van der Waals surface area contributed by atoms with Crippen molar-refractivity contribution < 1.29 is 38.1 Å². The van der Waals surface area contributed by atoms with Crippen molar-refractivity contribution in [2.45, 2.75) is 51.5 Å². The monoisotopic (exact) mass is 538 g/mol. The van der Waals surface area contributed by atoms with Crippen LogP contribution in [0.2, 0.25) is 0 Å². The second-order valence-electron chi connectivity index (χ2n) is 7.58. The fourth-order valence-corrected chi connectivity index (χ4v) is 5.89. The predicted octanol–water partition coefficient (Wildman–Crippen LogP) is 2.81. The highest BCUT2D eigenvalue weighted by Crippen LogP contribution is 2.49. The molecule has 36 heavy (non-hydrogen) atoms. The number of ether oxygens (including phenoxy) is 4. The standard InChI is InChI=1S/C24H30N2O8S2/c1-5-31-20(27)17(21(28)32-6-2)26-18(15-11-9-13-35-15)24(22(29)33-7-3,23(30)34-8-4)25-19(26)16-12-10-14-36-16/h9-14,17-19,25H,5-8H2,1-4H3/t18-,19+/m1/s1. The van der Waals surface area contributed by atoms with Gasteiger partial charge in [-0.1, -0.05) is 12.1 Å². The summed E-state index contributed by atoms with van der Waals surface area (Å²) in [4.78, 5) is 56.5. The van der Waals surface area contributed by atoms with Crippen LogP contribution in [0.4, 0.5) is 0 Å². The van der Waals surface area contributed by atoms with Crippen molar-refractivity contribution in [3.63, 3.8) is 0 Å². The smallest absolute Gasteiger partial charge is 0.340 e. The van der Waals surface area contributed by atoms with E-state index in [1.807, 2.05) is 5.38 Å². The van der Waals surface area contributed by atoms with Crippen LogP contribution in [0.3, 0.4) is 0 Å². The first-order chi connectivity index (χ1) is 17.4. The van der Waals surface area contributed by atoms with Crippen LogP contribution in [0.1, 0.15) is 49.7 Å². The summed E-state index contributed by atoms with van der Waals surface area (Å²) in [7, 11) is 0. The lowest BCUT2D eigenvalue weighted by Crippen LogP contribution is -2.60. The van der Waals surface area contributed by atoms with Crippen LogP contribution in [-0.2, 0) is 38.1 Å². The van der Waals surface area contributed by atoms with Gasteiger partial charge in [-0.3, -0.25) is 5.32 Å². The maximum Gasteiger partial charge on any atom is 0.340 e. The third-order valence-corrected chi connectivity index (χ3v) is 7.36. The van der Waals surface area contributed by atoms with Gasteiger partial charge in [0.15, 0.2) is 0 Å². The first kappa shape index (κ1) is 27.8. The molecule has 0 amide bonds. The number of esters is 4. The van der Waals surface area contributed by atoms with Crippen LogP contribution in [0.15, 0.2) is 35.0 Å². The predicted molar refractivity (Wildman–Crippen MR) is 132 cm³/mol. The Bertz CT molecular complexity index is 1000. The molecule has 12 heteroatoms. The lowest BCUT2D eigenvalue weighted by molar-refractivity contribution is -0.172. The number of carbonyl (C=O) groups excluding carboxylic acids is 4. The van der Waals surface area contributed by atoms with Gasteiger partial charge in [-0.15, -0.1) is 22.7 Å². The van der Waals surface area contributed by atoms with Crippen LogP contribution in [-0.4, -0.2) is 66.8 Å². The molecule has 3 heterocycles. The minimum absolute atomic E-state index is 0.00167. The first-order valence-corrected chi connectivity index (χ1v) is 13.4. The summed E-state index contributed by atoms with van der Waals surface area (Å²) < 4.78 is 21.3. The first-order valence-electron chi connectivity index (χ1n) is 11.7. The highest BCUT2D eigenvalue weighted by atomic mass is 32.1. The van der Waals surface area contributed by atoms with E-state index >= 15 is 0 Å². The quantitative estimate of drug-likeness (QED) is 0.260. The third-order valence-electron chi connectivity index (χ3n) is 5.51. The van der Waals surface area contributed by atoms with E-state index in [1.54, 1.807) is 57.3 Å². The van der Waals surface area contributed by atoms with Crippen molar-refractivity contribution in [1.29, 1.82) is 0 Å². The summed E-state index contributed by atoms with van der Waals surface area (Å²) in [6, 6.07) is 4.31. The maximum absolute atomic E-state index is 13.6. The van der Waals surface area contributed by atoms with Gasteiger partial charge in [0.25, 0.3) is 0 Å². The number of hydrogen-bond acceptors (Lipinski definition) is 12. The zero-order valence-corrected chi connectivity index (χ0v) is 22.2. The van der Waals surface area contributed by atoms with Gasteiger partial charge in [-0.25, -0.2) is 24.1 Å². The van der Waals surface area contributed by atoms with E-state index in [1.165, 1.54) is 27.6 Å². The van der Waals surface area contributed by atoms with Crippen LogP contribution < -0.4 is 5.32 Å². The fraction of sp³-hybridized carbons (Fsp3) is 0.500. The highest BCUT2D eigenvalue weighted by molar-refractivity contribution is 7.10. The van der Waals surface area contributed by atoms with Gasteiger partial charge >= 0.3 is 23.9 Å². The Labute approximate surface area is 217 Å². The second-order valence-corrected chi connectivity index (χ2v) is 9.54. The molecule has 1 aliphatic heterocycles. The van der Waals surface area contributed by atoms with Crippen molar-refractivity contribution in [1.82, 2.24) is 10.2 Å².